The zero-order chi connectivity index (χ0) is 22.4. The summed E-state index contributed by atoms with van der Waals surface area (Å²) in [4.78, 5) is 12.7. The molecule has 3 aromatic carbocycles. The Morgan fingerprint density at radius 1 is 0.839 bits per heavy atom. The number of rotatable bonds is 8. The molecule has 0 aromatic heterocycles. The van der Waals surface area contributed by atoms with Crippen molar-refractivity contribution in [1.82, 2.24) is 5.32 Å². The van der Waals surface area contributed by atoms with Crippen molar-refractivity contribution in [2.24, 2.45) is 0 Å². The summed E-state index contributed by atoms with van der Waals surface area (Å²) in [7, 11) is -3.73. The number of aryl methyl sites for hydroxylation is 4. The van der Waals surface area contributed by atoms with E-state index in [9.17, 15) is 13.2 Å². The Bertz CT molecular complexity index is 1150. The zero-order valence-electron chi connectivity index (χ0n) is 18.1. The Balaban J connectivity index is 1.62. The fraction of sp³-hybridized carbons (Fsp3) is 0.240. The lowest BCUT2D eigenvalue weighted by molar-refractivity contribution is 0.0953. The Labute approximate surface area is 184 Å². The van der Waals surface area contributed by atoms with E-state index in [0.29, 0.717) is 17.8 Å². The minimum absolute atomic E-state index is 0.184. The van der Waals surface area contributed by atoms with Gasteiger partial charge in [0.15, 0.2) is 0 Å². The van der Waals surface area contributed by atoms with Crippen molar-refractivity contribution in [2.45, 2.75) is 38.5 Å². The van der Waals surface area contributed by atoms with E-state index >= 15 is 0 Å². The lowest BCUT2D eigenvalue weighted by Gasteiger charge is -2.13. The Morgan fingerprint density at radius 3 is 2.10 bits per heavy atom. The maximum absolute atomic E-state index is 12.7. The molecule has 0 spiro atoms. The van der Waals surface area contributed by atoms with Gasteiger partial charge in [0.05, 0.1) is 10.6 Å². The number of hydrogen-bond acceptors (Lipinski definition) is 3. The Morgan fingerprint density at radius 2 is 1.45 bits per heavy atom. The van der Waals surface area contributed by atoms with Crippen molar-refractivity contribution < 1.29 is 13.2 Å². The lowest BCUT2D eigenvalue weighted by atomic mass is 10.1. The molecule has 3 rings (SSSR count). The molecule has 5 nitrogen and oxygen atoms in total. The van der Waals surface area contributed by atoms with E-state index in [1.54, 1.807) is 49.4 Å². The molecule has 2 N–H and O–H groups in total. The van der Waals surface area contributed by atoms with Crippen molar-refractivity contribution in [1.29, 1.82) is 0 Å². The van der Waals surface area contributed by atoms with Gasteiger partial charge in [0, 0.05) is 12.1 Å². The summed E-state index contributed by atoms with van der Waals surface area (Å²) in [6.07, 6.45) is 1.71. The van der Waals surface area contributed by atoms with Gasteiger partial charge >= 0.3 is 0 Å². The molecule has 0 aliphatic rings. The number of carbonyl (C=O) groups is 1. The molecular formula is C25H28N2O3S. The lowest BCUT2D eigenvalue weighted by Crippen LogP contribution is -2.25. The molecule has 0 unspecified atom stereocenters. The number of hydrogen-bond donors (Lipinski definition) is 2. The van der Waals surface area contributed by atoms with Crippen molar-refractivity contribution in [2.75, 3.05) is 11.3 Å². The van der Waals surface area contributed by atoms with E-state index in [4.69, 9.17) is 0 Å². The summed E-state index contributed by atoms with van der Waals surface area (Å²) < 4.78 is 28.0. The number of benzene rings is 3. The molecule has 3 aromatic rings. The molecule has 6 heteroatoms. The first-order valence-corrected chi connectivity index (χ1v) is 11.8. The van der Waals surface area contributed by atoms with Crippen LogP contribution in [0.1, 0.15) is 39.0 Å². The second-order valence-electron chi connectivity index (χ2n) is 7.79. The number of amides is 1. The molecule has 162 valence electrons. The van der Waals surface area contributed by atoms with E-state index in [1.165, 1.54) is 11.1 Å². The number of nitrogens with one attached hydrogen (secondary N) is 2. The molecular weight excluding hydrogens is 408 g/mol. The molecule has 0 aliphatic carbocycles. The highest BCUT2D eigenvalue weighted by Gasteiger charge is 2.16. The van der Waals surface area contributed by atoms with Crippen molar-refractivity contribution in [3.8, 4) is 0 Å². The van der Waals surface area contributed by atoms with Crippen LogP contribution in [0.2, 0.25) is 0 Å². The topological polar surface area (TPSA) is 75.3 Å². The van der Waals surface area contributed by atoms with Crippen molar-refractivity contribution in [3.05, 3.63) is 94.5 Å². The molecule has 31 heavy (non-hydrogen) atoms. The summed E-state index contributed by atoms with van der Waals surface area (Å²) in [5.41, 5.74) is 5.01. The van der Waals surface area contributed by atoms with Gasteiger partial charge in [0.1, 0.15) is 0 Å². The van der Waals surface area contributed by atoms with Crippen LogP contribution in [0.15, 0.2) is 71.6 Å². The standard InChI is InChI=1S/C25H28N2O3S/c1-18-6-11-21(12-7-18)5-4-16-26-25(28)22-13-10-20(3)24(17-22)27-31(29,30)23-14-8-19(2)9-15-23/h6-15,17,27H,4-5,16H2,1-3H3,(H,26,28). The number of anilines is 1. The molecule has 0 atom stereocenters. The van der Waals surface area contributed by atoms with Gasteiger partial charge in [-0.3, -0.25) is 9.52 Å². The summed E-state index contributed by atoms with van der Waals surface area (Å²) >= 11 is 0. The van der Waals surface area contributed by atoms with Crippen molar-refractivity contribution in [3.63, 3.8) is 0 Å². The van der Waals surface area contributed by atoms with E-state index in [1.807, 2.05) is 6.92 Å². The van der Waals surface area contributed by atoms with Crippen LogP contribution in [0, 0.1) is 20.8 Å². The smallest absolute Gasteiger partial charge is 0.261 e. The minimum atomic E-state index is -3.73. The van der Waals surface area contributed by atoms with Gasteiger partial charge in [0.25, 0.3) is 15.9 Å². The summed E-state index contributed by atoms with van der Waals surface area (Å²) in [6.45, 7) is 6.30. The third-order valence-corrected chi connectivity index (χ3v) is 6.51. The maximum Gasteiger partial charge on any atom is 0.261 e. The summed E-state index contributed by atoms with van der Waals surface area (Å²) in [5, 5.41) is 2.91. The zero-order valence-corrected chi connectivity index (χ0v) is 18.9. The maximum atomic E-state index is 12.7. The van der Waals surface area contributed by atoms with Crippen LogP contribution >= 0.6 is 0 Å². The molecule has 0 bridgehead atoms. The average Bonchev–Trinajstić information content (AvgIpc) is 2.74. The predicted octanol–water partition coefficient (Wildman–Crippen LogP) is 4.78. The molecule has 0 saturated carbocycles. The van der Waals surface area contributed by atoms with Crippen LogP contribution in [0.25, 0.3) is 0 Å². The van der Waals surface area contributed by atoms with E-state index < -0.39 is 10.0 Å². The third kappa shape index (κ3) is 6.18. The summed E-state index contributed by atoms with van der Waals surface area (Å²) in [5.74, 6) is -0.223. The van der Waals surface area contributed by atoms with Gasteiger partial charge in [-0.1, -0.05) is 53.6 Å². The SMILES string of the molecule is Cc1ccc(CCCNC(=O)c2ccc(C)c(NS(=O)(=O)c3ccc(C)cc3)c2)cc1. The largest absolute Gasteiger partial charge is 0.352 e. The summed E-state index contributed by atoms with van der Waals surface area (Å²) in [6, 6.07) is 20.0. The predicted molar refractivity (Wildman–Crippen MR) is 125 cm³/mol. The molecule has 0 fully saturated rings. The molecule has 0 radical (unpaired) electrons. The first-order chi connectivity index (χ1) is 14.7. The highest BCUT2D eigenvalue weighted by atomic mass is 32.2. The first kappa shape index (κ1) is 22.6. The highest BCUT2D eigenvalue weighted by molar-refractivity contribution is 7.92. The quantitative estimate of drug-likeness (QED) is 0.499. The fourth-order valence-corrected chi connectivity index (χ4v) is 4.27. The molecule has 0 heterocycles. The number of carbonyl (C=O) groups excluding carboxylic acids is 1. The molecule has 0 saturated heterocycles. The second-order valence-corrected chi connectivity index (χ2v) is 9.48. The van der Waals surface area contributed by atoms with E-state index in [2.05, 4.69) is 41.2 Å². The fourth-order valence-electron chi connectivity index (χ4n) is 3.15. The molecule has 0 aliphatic heterocycles. The van der Waals surface area contributed by atoms with Gasteiger partial charge in [-0.05, 0) is 69.0 Å². The van der Waals surface area contributed by atoms with Crippen LogP contribution in [0.4, 0.5) is 5.69 Å². The van der Waals surface area contributed by atoms with Crippen LogP contribution < -0.4 is 10.0 Å². The van der Waals surface area contributed by atoms with Crippen LogP contribution in [0.3, 0.4) is 0 Å². The first-order valence-electron chi connectivity index (χ1n) is 10.3. The van der Waals surface area contributed by atoms with Gasteiger partial charge in [-0.15, -0.1) is 0 Å². The average molecular weight is 437 g/mol. The van der Waals surface area contributed by atoms with Gasteiger partial charge in [-0.25, -0.2) is 8.42 Å². The Kier molecular flexibility index (Phi) is 7.13. The van der Waals surface area contributed by atoms with Crippen LogP contribution in [-0.4, -0.2) is 20.9 Å². The number of sulfonamides is 1. The monoisotopic (exact) mass is 436 g/mol. The Hall–Kier alpha value is -3.12. The van der Waals surface area contributed by atoms with E-state index in [0.717, 1.165) is 24.0 Å². The third-order valence-electron chi connectivity index (χ3n) is 5.12. The van der Waals surface area contributed by atoms with E-state index in [-0.39, 0.29) is 10.8 Å². The van der Waals surface area contributed by atoms with Gasteiger partial charge < -0.3 is 5.32 Å². The normalized spacial score (nSPS) is 11.2. The van der Waals surface area contributed by atoms with Crippen LogP contribution in [-0.2, 0) is 16.4 Å². The van der Waals surface area contributed by atoms with Gasteiger partial charge in [-0.2, -0.15) is 0 Å². The second kappa shape index (κ2) is 9.79. The highest BCUT2D eigenvalue weighted by Crippen LogP contribution is 2.21. The van der Waals surface area contributed by atoms with Crippen LogP contribution in [0.5, 0.6) is 0 Å². The molecule has 1 amide bonds. The van der Waals surface area contributed by atoms with Gasteiger partial charge in [0.2, 0.25) is 0 Å². The van der Waals surface area contributed by atoms with Crippen molar-refractivity contribution >= 4 is 21.6 Å². The minimum Gasteiger partial charge on any atom is -0.352 e.